The molecule has 0 aliphatic heterocycles. The number of aromatic nitrogens is 3. The standard InChI is InChI=1S/C14H17N3O3S/c1-7(2)12-16-10(17-20-12)6-21-13-11(14(18)19)8(3)5-9(4)15-13/h5,7H,6H2,1-4H3,(H,18,19). The van der Waals surface area contributed by atoms with Crippen molar-refractivity contribution in [3.05, 3.63) is 34.6 Å². The third-order valence-corrected chi connectivity index (χ3v) is 3.81. The molecule has 0 spiro atoms. The molecular formula is C14H17N3O3S. The second kappa shape index (κ2) is 6.26. The Hall–Kier alpha value is -1.89. The number of pyridine rings is 1. The molecule has 0 aliphatic carbocycles. The molecule has 6 nitrogen and oxygen atoms in total. The minimum absolute atomic E-state index is 0.171. The van der Waals surface area contributed by atoms with Crippen LogP contribution >= 0.6 is 11.8 Å². The van der Waals surface area contributed by atoms with Gasteiger partial charge in [0.15, 0.2) is 5.82 Å². The molecule has 2 aromatic heterocycles. The smallest absolute Gasteiger partial charge is 0.338 e. The van der Waals surface area contributed by atoms with E-state index in [0.717, 1.165) is 5.69 Å². The lowest BCUT2D eigenvalue weighted by Gasteiger charge is -2.08. The first kappa shape index (κ1) is 15.5. The van der Waals surface area contributed by atoms with Gasteiger partial charge in [0.2, 0.25) is 5.89 Å². The number of carboxylic acids is 1. The second-order valence-corrected chi connectivity index (χ2v) is 6.02. The summed E-state index contributed by atoms with van der Waals surface area (Å²) >= 11 is 1.30. The summed E-state index contributed by atoms with van der Waals surface area (Å²) in [4.78, 5) is 19.9. The van der Waals surface area contributed by atoms with Gasteiger partial charge in [0.05, 0.1) is 11.3 Å². The predicted molar refractivity (Wildman–Crippen MR) is 78.6 cm³/mol. The van der Waals surface area contributed by atoms with Crippen molar-refractivity contribution in [3.8, 4) is 0 Å². The summed E-state index contributed by atoms with van der Waals surface area (Å²) in [6.07, 6.45) is 0. The highest BCUT2D eigenvalue weighted by Gasteiger charge is 2.17. The largest absolute Gasteiger partial charge is 0.478 e. The predicted octanol–water partition coefficient (Wildman–Crippen LogP) is 3.20. The van der Waals surface area contributed by atoms with E-state index < -0.39 is 5.97 Å². The molecule has 0 amide bonds. The summed E-state index contributed by atoms with van der Waals surface area (Å²) in [5.41, 5.74) is 1.72. The van der Waals surface area contributed by atoms with E-state index in [-0.39, 0.29) is 11.5 Å². The fraction of sp³-hybridized carbons (Fsp3) is 0.429. The Morgan fingerprint density at radius 2 is 2.10 bits per heavy atom. The van der Waals surface area contributed by atoms with Gasteiger partial charge in [-0.3, -0.25) is 0 Å². The van der Waals surface area contributed by atoms with Crippen molar-refractivity contribution in [1.82, 2.24) is 15.1 Å². The van der Waals surface area contributed by atoms with Crippen LogP contribution in [-0.2, 0) is 5.75 Å². The Kier molecular flexibility index (Phi) is 4.62. The zero-order valence-corrected chi connectivity index (χ0v) is 13.2. The summed E-state index contributed by atoms with van der Waals surface area (Å²) in [6, 6.07) is 1.76. The van der Waals surface area contributed by atoms with Crippen LogP contribution < -0.4 is 0 Å². The average molecular weight is 307 g/mol. The quantitative estimate of drug-likeness (QED) is 0.848. The van der Waals surface area contributed by atoms with E-state index in [0.29, 0.717) is 28.1 Å². The summed E-state index contributed by atoms with van der Waals surface area (Å²) in [5, 5.41) is 13.7. The highest BCUT2D eigenvalue weighted by molar-refractivity contribution is 7.98. The fourth-order valence-electron chi connectivity index (χ4n) is 1.86. The maximum atomic E-state index is 11.4. The van der Waals surface area contributed by atoms with Gasteiger partial charge in [0.1, 0.15) is 5.03 Å². The summed E-state index contributed by atoms with van der Waals surface area (Å²) in [7, 11) is 0. The first-order valence-corrected chi connectivity index (χ1v) is 7.54. The molecule has 7 heteroatoms. The van der Waals surface area contributed by atoms with E-state index >= 15 is 0 Å². The number of thioether (sulfide) groups is 1. The van der Waals surface area contributed by atoms with E-state index in [1.54, 1.807) is 13.0 Å². The third-order valence-electron chi connectivity index (χ3n) is 2.84. The minimum Gasteiger partial charge on any atom is -0.478 e. The van der Waals surface area contributed by atoms with E-state index in [1.807, 2.05) is 20.8 Å². The van der Waals surface area contributed by atoms with E-state index in [2.05, 4.69) is 15.1 Å². The highest BCUT2D eigenvalue weighted by atomic mass is 32.2. The molecule has 0 saturated carbocycles. The monoisotopic (exact) mass is 307 g/mol. The lowest BCUT2D eigenvalue weighted by molar-refractivity contribution is 0.0691. The van der Waals surface area contributed by atoms with E-state index in [9.17, 15) is 9.90 Å². The van der Waals surface area contributed by atoms with Crippen molar-refractivity contribution in [2.24, 2.45) is 0 Å². The van der Waals surface area contributed by atoms with Crippen molar-refractivity contribution in [1.29, 1.82) is 0 Å². The molecule has 0 atom stereocenters. The zero-order valence-electron chi connectivity index (χ0n) is 12.4. The lowest BCUT2D eigenvalue weighted by Crippen LogP contribution is -2.05. The Morgan fingerprint density at radius 1 is 1.38 bits per heavy atom. The van der Waals surface area contributed by atoms with Crippen LogP contribution in [0.15, 0.2) is 15.6 Å². The molecule has 112 valence electrons. The Labute approximate surface area is 127 Å². The van der Waals surface area contributed by atoms with Crippen molar-refractivity contribution in [2.45, 2.75) is 44.4 Å². The first-order chi connectivity index (χ1) is 9.88. The second-order valence-electron chi connectivity index (χ2n) is 5.06. The van der Waals surface area contributed by atoms with Gasteiger partial charge >= 0.3 is 5.97 Å². The van der Waals surface area contributed by atoms with Crippen LogP contribution in [-0.4, -0.2) is 26.2 Å². The number of aromatic carboxylic acids is 1. The fourth-order valence-corrected chi connectivity index (χ4v) is 2.84. The maximum Gasteiger partial charge on any atom is 0.338 e. The van der Waals surface area contributed by atoms with Gasteiger partial charge in [-0.25, -0.2) is 9.78 Å². The third kappa shape index (κ3) is 3.60. The molecule has 2 aromatic rings. The van der Waals surface area contributed by atoms with Gasteiger partial charge in [-0.05, 0) is 25.5 Å². The van der Waals surface area contributed by atoms with Crippen LogP contribution in [0.1, 0.15) is 53.1 Å². The number of carboxylic acid groups (broad SMARTS) is 1. The van der Waals surface area contributed by atoms with Crippen molar-refractivity contribution >= 4 is 17.7 Å². The maximum absolute atomic E-state index is 11.4. The minimum atomic E-state index is -0.974. The van der Waals surface area contributed by atoms with E-state index in [4.69, 9.17) is 4.52 Å². The number of hydrogen-bond acceptors (Lipinski definition) is 6. The Morgan fingerprint density at radius 3 is 2.67 bits per heavy atom. The number of aryl methyl sites for hydroxylation is 2. The van der Waals surface area contributed by atoms with Crippen LogP contribution in [0.25, 0.3) is 0 Å². The highest BCUT2D eigenvalue weighted by Crippen LogP contribution is 2.27. The lowest BCUT2D eigenvalue weighted by atomic mass is 10.1. The molecular weight excluding hydrogens is 290 g/mol. The van der Waals surface area contributed by atoms with Gasteiger partial charge in [0.25, 0.3) is 0 Å². The van der Waals surface area contributed by atoms with Crippen LogP contribution in [0.2, 0.25) is 0 Å². The summed E-state index contributed by atoms with van der Waals surface area (Å²) in [5.74, 6) is 0.744. The number of rotatable bonds is 5. The normalized spacial score (nSPS) is 11.1. The molecule has 0 aromatic carbocycles. The zero-order chi connectivity index (χ0) is 15.6. The molecule has 0 bridgehead atoms. The van der Waals surface area contributed by atoms with Gasteiger partial charge in [0, 0.05) is 11.6 Å². The molecule has 2 heterocycles. The molecule has 0 saturated heterocycles. The molecule has 1 N–H and O–H groups in total. The van der Waals surface area contributed by atoms with Crippen molar-refractivity contribution in [3.63, 3.8) is 0 Å². The molecule has 2 rings (SSSR count). The number of nitrogens with zero attached hydrogens (tertiary/aromatic N) is 3. The van der Waals surface area contributed by atoms with Gasteiger partial charge in [-0.1, -0.05) is 30.8 Å². The summed E-state index contributed by atoms with van der Waals surface area (Å²) in [6.45, 7) is 7.55. The summed E-state index contributed by atoms with van der Waals surface area (Å²) < 4.78 is 5.13. The SMILES string of the molecule is Cc1cc(C)c(C(=O)O)c(SCc2noc(C(C)C)n2)n1. The molecule has 21 heavy (non-hydrogen) atoms. The topological polar surface area (TPSA) is 89.1 Å². The number of carbonyl (C=O) groups is 1. The molecule has 0 aliphatic rings. The average Bonchev–Trinajstić information content (AvgIpc) is 2.83. The van der Waals surface area contributed by atoms with Crippen molar-refractivity contribution in [2.75, 3.05) is 0 Å². The Bertz CT molecular complexity index is 667. The molecule has 0 fully saturated rings. The van der Waals surface area contributed by atoms with E-state index in [1.165, 1.54) is 11.8 Å². The van der Waals surface area contributed by atoms with Crippen LogP contribution in [0.3, 0.4) is 0 Å². The Balaban J connectivity index is 2.21. The van der Waals surface area contributed by atoms with Crippen LogP contribution in [0, 0.1) is 13.8 Å². The number of hydrogen-bond donors (Lipinski definition) is 1. The van der Waals surface area contributed by atoms with Crippen molar-refractivity contribution < 1.29 is 14.4 Å². The van der Waals surface area contributed by atoms with Gasteiger partial charge in [-0.2, -0.15) is 4.98 Å². The van der Waals surface area contributed by atoms with Crippen LogP contribution in [0.5, 0.6) is 0 Å². The molecule has 0 unspecified atom stereocenters. The molecule has 0 radical (unpaired) electrons. The first-order valence-electron chi connectivity index (χ1n) is 6.55. The van der Waals surface area contributed by atoms with Gasteiger partial charge in [-0.15, -0.1) is 0 Å². The van der Waals surface area contributed by atoms with Crippen LogP contribution in [0.4, 0.5) is 0 Å². The van der Waals surface area contributed by atoms with Gasteiger partial charge < -0.3 is 9.63 Å².